The van der Waals surface area contributed by atoms with Gasteiger partial charge in [0.15, 0.2) is 0 Å². The van der Waals surface area contributed by atoms with Gasteiger partial charge in [0.2, 0.25) is 5.91 Å². The van der Waals surface area contributed by atoms with Crippen molar-refractivity contribution in [2.45, 2.75) is 18.9 Å². The number of aromatic nitrogens is 3. The number of benzene rings is 1. The molecule has 0 atom stereocenters. The van der Waals surface area contributed by atoms with Gasteiger partial charge in [-0.3, -0.25) is 4.79 Å². The molecular weight excluding hydrogens is 358 g/mol. The van der Waals surface area contributed by atoms with E-state index in [1.165, 1.54) is 6.33 Å². The summed E-state index contributed by atoms with van der Waals surface area (Å²) in [6.45, 7) is 0.607. The van der Waals surface area contributed by atoms with Crippen molar-refractivity contribution in [3.63, 3.8) is 0 Å². The summed E-state index contributed by atoms with van der Waals surface area (Å²) >= 11 is 0. The Kier molecular flexibility index (Phi) is 4.91. The van der Waals surface area contributed by atoms with Gasteiger partial charge in [0.25, 0.3) is 0 Å². The van der Waals surface area contributed by atoms with Crippen molar-refractivity contribution in [1.29, 1.82) is 5.26 Å². The highest BCUT2D eigenvalue weighted by molar-refractivity contribution is 5.90. The highest BCUT2D eigenvalue weighted by Gasteiger charge is 2.24. The number of carbonyl (C=O) groups is 1. The summed E-state index contributed by atoms with van der Waals surface area (Å²) in [6.07, 6.45) is 4.55. The monoisotopic (exact) mass is 377 g/mol. The van der Waals surface area contributed by atoms with E-state index in [1.807, 2.05) is 12.1 Å². The lowest BCUT2D eigenvalue weighted by atomic mass is 10.0. The molecule has 2 aromatic heterocycles. The number of aromatic amines is 1. The number of rotatable bonds is 4. The predicted octanol–water partition coefficient (Wildman–Crippen LogP) is 1.86. The van der Waals surface area contributed by atoms with Crippen LogP contribution in [0.15, 0.2) is 36.8 Å². The van der Waals surface area contributed by atoms with Gasteiger partial charge in [-0.2, -0.15) is 5.26 Å². The number of nitrogens with one attached hydrogen (secondary N) is 1. The van der Waals surface area contributed by atoms with Crippen LogP contribution in [0.2, 0.25) is 0 Å². The lowest BCUT2D eigenvalue weighted by molar-refractivity contribution is -0.135. The molecule has 0 aliphatic carbocycles. The first-order chi connectivity index (χ1) is 13.7. The zero-order chi connectivity index (χ0) is 19.5. The van der Waals surface area contributed by atoms with Gasteiger partial charge in [-0.05, 0) is 24.3 Å². The van der Waals surface area contributed by atoms with Crippen molar-refractivity contribution in [3.8, 4) is 23.1 Å². The minimum absolute atomic E-state index is 0.0730. The fourth-order valence-corrected chi connectivity index (χ4v) is 3.47. The number of piperidine rings is 1. The van der Waals surface area contributed by atoms with Crippen LogP contribution in [-0.4, -0.2) is 56.7 Å². The number of H-pyrrole nitrogens is 1. The molecule has 1 aromatic carbocycles. The van der Waals surface area contributed by atoms with Crippen molar-refractivity contribution < 1.29 is 14.6 Å². The Morgan fingerprint density at radius 3 is 2.89 bits per heavy atom. The summed E-state index contributed by atoms with van der Waals surface area (Å²) in [7, 11) is 0. The molecule has 1 aliphatic heterocycles. The van der Waals surface area contributed by atoms with Gasteiger partial charge in [0, 0.05) is 43.1 Å². The van der Waals surface area contributed by atoms with Crippen molar-refractivity contribution in [3.05, 3.63) is 42.4 Å². The van der Waals surface area contributed by atoms with Gasteiger partial charge >= 0.3 is 0 Å². The molecule has 8 nitrogen and oxygen atoms in total. The third kappa shape index (κ3) is 3.40. The number of aliphatic hydroxyl groups is 1. The van der Waals surface area contributed by atoms with Crippen molar-refractivity contribution in [1.82, 2.24) is 19.9 Å². The lowest BCUT2D eigenvalue weighted by Crippen LogP contribution is -2.42. The Bertz CT molecular complexity index is 1050. The van der Waals surface area contributed by atoms with Crippen LogP contribution in [0.1, 0.15) is 18.4 Å². The van der Waals surface area contributed by atoms with Gasteiger partial charge in [-0.15, -0.1) is 0 Å². The van der Waals surface area contributed by atoms with Crippen LogP contribution < -0.4 is 4.74 Å². The first-order valence-corrected chi connectivity index (χ1v) is 9.07. The van der Waals surface area contributed by atoms with Crippen molar-refractivity contribution >= 4 is 16.9 Å². The molecule has 142 valence electrons. The largest absolute Gasteiger partial charge is 0.489 e. The van der Waals surface area contributed by atoms with Crippen LogP contribution in [0.3, 0.4) is 0 Å². The Morgan fingerprint density at radius 1 is 1.32 bits per heavy atom. The molecular formula is C20H19N5O3. The third-order valence-corrected chi connectivity index (χ3v) is 4.95. The Balaban J connectivity index is 1.53. The number of fused-ring (bicyclic) bond motifs is 1. The average molecular weight is 377 g/mol. The minimum atomic E-state index is -0.469. The highest BCUT2D eigenvalue weighted by atomic mass is 16.5. The molecule has 0 saturated carbocycles. The summed E-state index contributed by atoms with van der Waals surface area (Å²) < 4.78 is 6.04. The maximum absolute atomic E-state index is 11.6. The molecule has 3 aromatic rings. The smallest absolute Gasteiger partial charge is 0.248 e. The fourth-order valence-electron chi connectivity index (χ4n) is 3.47. The zero-order valence-corrected chi connectivity index (χ0v) is 15.1. The standard InChI is InChI=1S/C20H19N5O3/c21-10-14-9-13(19-16-3-6-22-20(16)24-12-23-19)1-2-17(14)28-15-4-7-25(8-5-15)18(27)11-26/h1-3,6,9,12,15,26H,4-5,7-8,11H2,(H,22,23,24). The molecule has 1 fully saturated rings. The second-order valence-electron chi connectivity index (χ2n) is 6.64. The van der Waals surface area contributed by atoms with E-state index in [0.717, 1.165) is 22.3 Å². The van der Waals surface area contributed by atoms with Gasteiger partial charge in [-0.25, -0.2) is 9.97 Å². The van der Waals surface area contributed by atoms with E-state index >= 15 is 0 Å². The second-order valence-corrected chi connectivity index (χ2v) is 6.64. The van der Waals surface area contributed by atoms with E-state index in [4.69, 9.17) is 9.84 Å². The quantitative estimate of drug-likeness (QED) is 0.717. The second kappa shape index (κ2) is 7.66. The normalized spacial score (nSPS) is 14.8. The fraction of sp³-hybridized carbons (Fsp3) is 0.300. The SMILES string of the molecule is N#Cc1cc(-c2ncnc3[nH]ccc23)ccc1OC1CCN(C(=O)CO)CC1. The van der Waals surface area contributed by atoms with E-state index in [2.05, 4.69) is 21.0 Å². The Labute approximate surface area is 161 Å². The van der Waals surface area contributed by atoms with E-state index in [0.29, 0.717) is 37.2 Å². The predicted molar refractivity (Wildman–Crippen MR) is 101 cm³/mol. The molecule has 1 saturated heterocycles. The first kappa shape index (κ1) is 17.9. The molecule has 2 N–H and O–H groups in total. The molecule has 3 heterocycles. The van der Waals surface area contributed by atoms with E-state index in [9.17, 15) is 10.1 Å². The van der Waals surface area contributed by atoms with Crippen LogP contribution in [0.5, 0.6) is 5.75 Å². The molecule has 0 radical (unpaired) electrons. The average Bonchev–Trinajstić information content (AvgIpc) is 3.23. The van der Waals surface area contributed by atoms with Crippen molar-refractivity contribution in [2.75, 3.05) is 19.7 Å². The Morgan fingerprint density at radius 2 is 2.14 bits per heavy atom. The maximum Gasteiger partial charge on any atom is 0.248 e. The summed E-state index contributed by atoms with van der Waals surface area (Å²) in [5.41, 5.74) is 2.76. The lowest BCUT2D eigenvalue weighted by Gasteiger charge is -2.32. The summed E-state index contributed by atoms with van der Waals surface area (Å²) in [5.74, 6) is 0.263. The number of ether oxygens (including phenoxy) is 1. The van der Waals surface area contributed by atoms with E-state index in [1.54, 1.807) is 23.2 Å². The maximum atomic E-state index is 11.6. The summed E-state index contributed by atoms with van der Waals surface area (Å²) in [4.78, 5) is 24.8. The summed E-state index contributed by atoms with van der Waals surface area (Å²) in [5, 5.41) is 19.4. The number of hydrogen-bond acceptors (Lipinski definition) is 6. The molecule has 4 rings (SSSR count). The van der Waals surface area contributed by atoms with Crippen LogP contribution in [0.4, 0.5) is 0 Å². The molecule has 0 spiro atoms. The van der Waals surface area contributed by atoms with Crippen LogP contribution in [0.25, 0.3) is 22.3 Å². The molecule has 1 aliphatic rings. The number of likely N-dealkylation sites (tertiary alicyclic amines) is 1. The topological polar surface area (TPSA) is 115 Å². The first-order valence-electron chi connectivity index (χ1n) is 9.07. The number of aliphatic hydroxyl groups excluding tert-OH is 1. The Hall–Kier alpha value is -3.44. The number of nitriles is 1. The molecule has 0 unspecified atom stereocenters. The van der Waals surface area contributed by atoms with Crippen molar-refractivity contribution in [2.24, 2.45) is 0 Å². The van der Waals surface area contributed by atoms with E-state index < -0.39 is 6.61 Å². The molecule has 28 heavy (non-hydrogen) atoms. The van der Waals surface area contributed by atoms with Gasteiger partial charge in [0.05, 0.1) is 11.3 Å². The van der Waals surface area contributed by atoms with Gasteiger partial charge < -0.3 is 19.7 Å². The molecule has 0 bridgehead atoms. The number of hydrogen-bond donors (Lipinski definition) is 2. The minimum Gasteiger partial charge on any atom is -0.489 e. The summed E-state index contributed by atoms with van der Waals surface area (Å²) in [6, 6.07) is 9.55. The number of nitrogens with zero attached hydrogens (tertiary/aromatic N) is 4. The van der Waals surface area contributed by atoms with Crippen LogP contribution in [0, 0.1) is 11.3 Å². The van der Waals surface area contributed by atoms with Gasteiger partial charge in [0.1, 0.15) is 36.5 Å². The highest BCUT2D eigenvalue weighted by Crippen LogP contribution is 2.30. The number of carbonyl (C=O) groups excluding carboxylic acids is 1. The molecule has 8 heteroatoms. The number of amides is 1. The van der Waals surface area contributed by atoms with E-state index in [-0.39, 0.29) is 12.0 Å². The third-order valence-electron chi connectivity index (χ3n) is 4.95. The van der Waals surface area contributed by atoms with Crippen LogP contribution >= 0.6 is 0 Å². The van der Waals surface area contributed by atoms with Gasteiger partial charge in [-0.1, -0.05) is 0 Å². The molecule has 1 amide bonds. The zero-order valence-electron chi connectivity index (χ0n) is 15.1. The van der Waals surface area contributed by atoms with Crippen LogP contribution in [-0.2, 0) is 4.79 Å².